The van der Waals surface area contributed by atoms with Crippen molar-refractivity contribution in [2.75, 3.05) is 24.6 Å². The molecule has 0 unspecified atom stereocenters. The maximum Gasteiger partial charge on any atom is 0.335 e. The molecule has 2 aromatic heterocycles. The number of aromatic nitrogens is 3. The van der Waals surface area contributed by atoms with Crippen molar-refractivity contribution in [1.29, 1.82) is 5.26 Å². The van der Waals surface area contributed by atoms with E-state index in [-0.39, 0.29) is 29.4 Å². The van der Waals surface area contributed by atoms with Gasteiger partial charge in [0.2, 0.25) is 5.88 Å². The molecule has 2 aliphatic rings. The summed E-state index contributed by atoms with van der Waals surface area (Å²) in [6, 6.07) is 17.6. The Hall–Kier alpha value is -4.53. The smallest absolute Gasteiger partial charge is 0.335 e. The highest BCUT2D eigenvalue weighted by molar-refractivity contribution is 5.92. The number of hydrogen-bond acceptors (Lipinski definition) is 8. The summed E-state index contributed by atoms with van der Waals surface area (Å²) in [7, 11) is 0. The van der Waals surface area contributed by atoms with E-state index in [1.165, 1.54) is 6.07 Å². The van der Waals surface area contributed by atoms with Gasteiger partial charge in [-0.3, -0.25) is 4.90 Å². The van der Waals surface area contributed by atoms with Gasteiger partial charge in [0.05, 0.1) is 47.0 Å². The monoisotopic (exact) mass is 612 g/mol. The van der Waals surface area contributed by atoms with Gasteiger partial charge in [-0.05, 0) is 70.0 Å². The molecule has 10 nitrogen and oxygen atoms in total. The fourth-order valence-electron chi connectivity index (χ4n) is 6.13. The summed E-state index contributed by atoms with van der Waals surface area (Å²) in [5.41, 5.74) is 2.16. The van der Waals surface area contributed by atoms with Gasteiger partial charge in [0.1, 0.15) is 24.1 Å². The highest BCUT2D eigenvalue weighted by Gasteiger charge is 2.43. The minimum absolute atomic E-state index is 0.0174. The Labute approximate surface area is 261 Å². The van der Waals surface area contributed by atoms with Gasteiger partial charge in [-0.25, -0.2) is 14.2 Å². The number of imidazole rings is 1. The molecule has 3 heterocycles. The van der Waals surface area contributed by atoms with Gasteiger partial charge in [0.15, 0.2) is 0 Å². The van der Waals surface area contributed by atoms with Gasteiger partial charge in [-0.15, -0.1) is 0 Å². The first-order valence-corrected chi connectivity index (χ1v) is 15.2. The van der Waals surface area contributed by atoms with Crippen LogP contribution >= 0.6 is 0 Å². The van der Waals surface area contributed by atoms with Crippen LogP contribution in [0.1, 0.15) is 60.9 Å². The molecule has 4 aromatic rings. The number of piperazine rings is 1. The van der Waals surface area contributed by atoms with Crippen molar-refractivity contribution in [3.8, 4) is 11.9 Å². The third-order valence-electron chi connectivity index (χ3n) is 8.53. The van der Waals surface area contributed by atoms with Gasteiger partial charge < -0.3 is 24.0 Å². The van der Waals surface area contributed by atoms with Crippen LogP contribution in [0.4, 0.5) is 10.2 Å². The molecule has 0 spiro atoms. The molecular formula is C34H37FN6O4. The first kappa shape index (κ1) is 30.5. The molecule has 45 heavy (non-hydrogen) atoms. The highest BCUT2D eigenvalue weighted by Crippen LogP contribution is 2.37. The zero-order chi connectivity index (χ0) is 31.7. The second-order valence-electron chi connectivity index (χ2n) is 12.6. The van der Waals surface area contributed by atoms with Crippen LogP contribution in [0, 0.1) is 17.1 Å². The lowest BCUT2D eigenvalue weighted by molar-refractivity contribution is -0.00720. The number of ether oxygens (including phenoxy) is 2. The van der Waals surface area contributed by atoms with Gasteiger partial charge in [0.25, 0.3) is 0 Å². The van der Waals surface area contributed by atoms with Crippen LogP contribution in [-0.2, 0) is 24.4 Å². The van der Waals surface area contributed by atoms with E-state index in [0.717, 1.165) is 48.6 Å². The normalized spacial score (nSPS) is 18.3. The molecule has 1 aliphatic carbocycles. The van der Waals surface area contributed by atoms with Crippen molar-refractivity contribution >= 4 is 22.8 Å². The molecule has 2 fully saturated rings. The van der Waals surface area contributed by atoms with Crippen LogP contribution in [0.3, 0.4) is 0 Å². The van der Waals surface area contributed by atoms with Crippen molar-refractivity contribution < 1.29 is 23.8 Å². The van der Waals surface area contributed by atoms with Crippen LogP contribution in [0.5, 0.6) is 5.88 Å². The highest BCUT2D eigenvalue weighted by atomic mass is 19.1. The summed E-state index contributed by atoms with van der Waals surface area (Å²) in [6.45, 7) is 9.37. The van der Waals surface area contributed by atoms with Crippen molar-refractivity contribution in [2.24, 2.45) is 0 Å². The summed E-state index contributed by atoms with van der Waals surface area (Å²) in [5, 5.41) is 18.6. The Morgan fingerprint density at radius 2 is 1.91 bits per heavy atom. The molecular weight excluding hydrogens is 575 g/mol. The average Bonchev–Trinajstić information content (AvgIpc) is 3.32. The fraction of sp³-hybridized carbons (Fsp3) is 0.412. The van der Waals surface area contributed by atoms with E-state index in [0.29, 0.717) is 37.2 Å². The number of carboxylic acid groups (broad SMARTS) is 1. The molecule has 1 aliphatic heterocycles. The molecule has 0 radical (unpaired) electrons. The second-order valence-corrected chi connectivity index (χ2v) is 12.6. The van der Waals surface area contributed by atoms with Gasteiger partial charge >= 0.3 is 5.97 Å². The van der Waals surface area contributed by atoms with Gasteiger partial charge in [-0.1, -0.05) is 12.1 Å². The minimum Gasteiger partial charge on any atom is -0.478 e. The Bertz CT molecular complexity index is 1760. The van der Waals surface area contributed by atoms with Gasteiger partial charge in [0, 0.05) is 43.3 Å². The predicted molar refractivity (Wildman–Crippen MR) is 167 cm³/mol. The molecule has 0 bridgehead atoms. The van der Waals surface area contributed by atoms with Crippen molar-refractivity contribution in [1.82, 2.24) is 19.4 Å². The third kappa shape index (κ3) is 6.62. The van der Waals surface area contributed by atoms with Crippen LogP contribution in [0.15, 0.2) is 54.6 Å². The zero-order valence-electron chi connectivity index (χ0n) is 25.7. The van der Waals surface area contributed by atoms with Crippen LogP contribution < -0.4 is 9.64 Å². The number of benzene rings is 2. The number of carbonyl (C=O) groups is 1. The zero-order valence-corrected chi connectivity index (χ0v) is 25.7. The molecule has 1 saturated heterocycles. The number of pyridine rings is 1. The molecule has 2 aromatic carbocycles. The standard InChI is InChI=1S/C34H37FN6O4/c1-34(2,3)45-16-15-41-29-18-23(33(42)43)9-10-26(29)37-31(41)20-39-13-14-40(28-12-11-27(28)39)30-5-4-6-32(38-30)44-21-24-8-7-22(19-36)17-25(24)35/h4-10,17-18,27-28H,11-16,20-21H2,1-3H3,(H,42,43)/t27-,28+/m1/s1. The van der Waals surface area contributed by atoms with Crippen molar-refractivity contribution in [3.05, 3.63) is 82.9 Å². The van der Waals surface area contributed by atoms with E-state index in [4.69, 9.17) is 24.7 Å². The van der Waals surface area contributed by atoms with Gasteiger partial charge in [-0.2, -0.15) is 10.2 Å². The number of nitriles is 1. The predicted octanol–water partition coefficient (Wildman–Crippen LogP) is 5.39. The lowest BCUT2D eigenvalue weighted by Crippen LogP contribution is -2.64. The van der Waals surface area contributed by atoms with Crippen molar-refractivity contribution in [2.45, 2.75) is 71.0 Å². The first-order chi connectivity index (χ1) is 21.6. The molecule has 6 rings (SSSR count). The maximum atomic E-state index is 14.3. The minimum atomic E-state index is -0.963. The summed E-state index contributed by atoms with van der Waals surface area (Å²) in [4.78, 5) is 26.2. The van der Waals surface area contributed by atoms with Crippen LogP contribution in [0.25, 0.3) is 11.0 Å². The number of carboxylic acids is 1. The second kappa shape index (κ2) is 12.5. The van der Waals surface area contributed by atoms with E-state index < -0.39 is 11.8 Å². The van der Waals surface area contributed by atoms with Crippen LogP contribution in [0.2, 0.25) is 0 Å². The van der Waals surface area contributed by atoms with E-state index in [2.05, 4.69) is 14.4 Å². The number of aromatic carboxylic acids is 1. The largest absolute Gasteiger partial charge is 0.478 e. The first-order valence-electron chi connectivity index (χ1n) is 15.2. The molecule has 234 valence electrons. The third-order valence-corrected chi connectivity index (χ3v) is 8.53. The topological polar surface area (TPSA) is 117 Å². The number of anilines is 1. The Balaban J connectivity index is 1.16. The number of fused-ring (bicyclic) bond motifs is 2. The van der Waals surface area contributed by atoms with E-state index in [1.807, 2.05) is 39.0 Å². The quantitative estimate of drug-likeness (QED) is 0.252. The van der Waals surface area contributed by atoms with E-state index >= 15 is 0 Å². The summed E-state index contributed by atoms with van der Waals surface area (Å²) in [6.07, 6.45) is 2.11. The Morgan fingerprint density at radius 3 is 2.62 bits per heavy atom. The average molecular weight is 613 g/mol. The summed E-state index contributed by atoms with van der Waals surface area (Å²) >= 11 is 0. The van der Waals surface area contributed by atoms with Crippen molar-refractivity contribution in [3.63, 3.8) is 0 Å². The Kier molecular flexibility index (Phi) is 8.44. The number of nitrogens with zero attached hydrogens (tertiary/aromatic N) is 6. The molecule has 1 N–H and O–H groups in total. The SMILES string of the molecule is CC(C)(C)OCCn1c(CN2CCN(c3cccc(OCc4ccc(C#N)cc4F)n3)[C@H]3CC[C@H]32)nc2ccc(C(=O)O)cc21. The lowest BCUT2D eigenvalue weighted by Gasteiger charge is -2.54. The molecule has 0 amide bonds. The van der Waals surface area contributed by atoms with E-state index in [1.54, 1.807) is 36.4 Å². The molecule has 2 atom stereocenters. The summed E-state index contributed by atoms with van der Waals surface area (Å²) in [5.74, 6) is 0.704. The Morgan fingerprint density at radius 1 is 1.09 bits per heavy atom. The van der Waals surface area contributed by atoms with E-state index in [9.17, 15) is 14.3 Å². The maximum absolute atomic E-state index is 14.3. The number of hydrogen-bond donors (Lipinski definition) is 1. The molecule has 11 heteroatoms. The number of rotatable bonds is 10. The lowest BCUT2D eigenvalue weighted by atomic mass is 9.81. The fourth-order valence-corrected chi connectivity index (χ4v) is 6.13. The molecule has 1 saturated carbocycles. The number of halogens is 1. The summed E-state index contributed by atoms with van der Waals surface area (Å²) < 4.78 is 28.3. The van der Waals surface area contributed by atoms with Crippen LogP contribution in [-0.4, -0.2) is 67.9 Å².